The molecule has 0 saturated carbocycles. The zero-order chi connectivity index (χ0) is 15.0. The van der Waals surface area contributed by atoms with Crippen molar-refractivity contribution < 1.29 is 13.2 Å². The van der Waals surface area contributed by atoms with Gasteiger partial charge < -0.3 is 9.88 Å². The van der Waals surface area contributed by atoms with Gasteiger partial charge in [0, 0.05) is 25.6 Å². The Bertz CT molecular complexity index is 632. The summed E-state index contributed by atoms with van der Waals surface area (Å²) in [4.78, 5) is -0.507. The molecule has 0 bridgehead atoms. The molecule has 0 aliphatic carbocycles. The zero-order valence-electron chi connectivity index (χ0n) is 11.4. The molecule has 8 heteroatoms. The Labute approximate surface area is 124 Å². The molecule has 0 fully saturated rings. The van der Waals surface area contributed by atoms with E-state index in [1.54, 1.807) is 6.07 Å². The Hall–Kier alpha value is -1.41. The van der Waals surface area contributed by atoms with Crippen molar-refractivity contribution in [1.29, 1.82) is 0 Å². The zero-order valence-corrected chi connectivity index (χ0v) is 12.3. The fraction of sp³-hybridized carbons (Fsp3) is 0.538. The molecule has 1 atom stereocenters. The summed E-state index contributed by atoms with van der Waals surface area (Å²) in [6.45, 7) is 2.83. The minimum atomic E-state index is -4.27. The van der Waals surface area contributed by atoms with Crippen LogP contribution in [0.4, 0.5) is 13.2 Å². The number of alkyl halides is 3. The standard InChI is InChI=1S/C13H15F3N4S/c1-8-18-19-11-3-2-10(7-20(8)11)17-6-9-4-5-21-12(9)13(14,15)16/h4-5,10,17H,2-3,6-7H2,1H3. The first-order valence-corrected chi connectivity index (χ1v) is 7.58. The summed E-state index contributed by atoms with van der Waals surface area (Å²) < 4.78 is 40.5. The van der Waals surface area contributed by atoms with Crippen molar-refractivity contribution >= 4 is 11.3 Å². The van der Waals surface area contributed by atoms with Crippen molar-refractivity contribution in [2.75, 3.05) is 0 Å². The van der Waals surface area contributed by atoms with Crippen LogP contribution in [0, 0.1) is 6.92 Å². The molecule has 0 radical (unpaired) electrons. The minimum Gasteiger partial charge on any atom is -0.314 e. The van der Waals surface area contributed by atoms with Crippen LogP contribution in [0.15, 0.2) is 11.4 Å². The van der Waals surface area contributed by atoms with E-state index in [0.717, 1.165) is 35.8 Å². The number of fused-ring (bicyclic) bond motifs is 1. The van der Waals surface area contributed by atoms with Gasteiger partial charge in [0.15, 0.2) is 0 Å². The van der Waals surface area contributed by atoms with E-state index in [4.69, 9.17) is 0 Å². The third kappa shape index (κ3) is 2.96. The van der Waals surface area contributed by atoms with Crippen LogP contribution in [0.5, 0.6) is 0 Å². The minimum absolute atomic E-state index is 0.146. The number of nitrogens with zero attached hydrogens (tertiary/aromatic N) is 3. The Balaban J connectivity index is 1.65. The molecule has 1 N–H and O–H groups in total. The Kier molecular flexibility index (Phi) is 3.75. The fourth-order valence-electron chi connectivity index (χ4n) is 2.61. The van der Waals surface area contributed by atoms with E-state index < -0.39 is 11.1 Å². The summed E-state index contributed by atoms with van der Waals surface area (Å²) >= 11 is 0.745. The average Bonchev–Trinajstić information content (AvgIpc) is 3.03. The van der Waals surface area contributed by atoms with Crippen LogP contribution in [0.1, 0.15) is 28.5 Å². The summed E-state index contributed by atoms with van der Waals surface area (Å²) in [5.74, 6) is 1.81. The van der Waals surface area contributed by atoms with Gasteiger partial charge in [-0.1, -0.05) is 0 Å². The number of aryl methyl sites for hydroxylation is 2. The smallest absolute Gasteiger partial charge is 0.314 e. The van der Waals surface area contributed by atoms with Crippen molar-refractivity contribution in [2.45, 2.75) is 45.1 Å². The lowest BCUT2D eigenvalue weighted by Crippen LogP contribution is -2.37. The van der Waals surface area contributed by atoms with E-state index in [9.17, 15) is 13.2 Å². The molecule has 114 valence electrons. The van der Waals surface area contributed by atoms with Crippen molar-refractivity contribution in [3.63, 3.8) is 0 Å². The third-order valence-corrected chi connectivity index (χ3v) is 4.72. The van der Waals surface area contributed by atoms with Crippen LogP contribution in [-0.2, 0) is 25.7 Å². The summed E-state index contributed by atoms with van der Waals surface area (Å²) in [5.41, 5.74) is 0.318. The highest BCUT2D eigenvalue weighted by Crippen LogP contribution is 2.36. The lowest BCUT2D eigenvalue weighted by atomic mass is 10.1. The Morgan fingerprint density at radius 2 is 2.24 bits per heavy atom. The van der Waals surface area contributed by atoms with E-state index in [1.807, 2.05) is 11.5 Å². The monoisotopic (exact) mass is 316 g/mol. The lowest BCUT2D eigenvalue weighted by molar-refractivity contribution is -0.134. The molecule has 0 aromatic carbocycles. The predicted molar refractivity (Wildman–Crippen MR) is 73.0 cm³/mol. The highest BCUT2D eigenvalue weighted by molar-refractivity contribution is 7.10. The number of rotatable bonds is 3. The Morgan fingerprint density at radius 3 is 3.00 bits per heavy atom. The maximum absolute atomic E-state index is 12.8. The van der Waals surface area contributed by atoms with Gasteiger partial charge in [-0.25, -0.2) is 0 Å². The van der Waals surface area contributed by atoms with Crippen molar-refractivity contribution in [3.8, 4) is 0 Å². The third-order valence-electron chi connectivity index (χ3n) is 3.72. The summed E-state index contributed by atoms with van der Waals surface area (Å²) in [6.07, 6.45) is -2.60. The fourth-order valence-corrected chi connectivity index (χ4v) is 3.40. The molecular weight excluding hydrogens is 301 g/mol. The average molecular weight is 316 g/mol. The highest BCUT2D eigenvalue weighted by atomic mass is 32.1. The number of hydrogen-bond donors (Lipinski definition) is 1. The van der Waals surface area contributed by atoms with Crippen LogP contribution in [0.2, 0.25) is 0 Å². The molecule has 0 saturated heterocycles. The number of nitrogens with one attached hydrogen (secondary N) is 1. The van der Waals surface area contributed by atoms with Crippen molar-refractivity contribution in [2.24, 2.45) is 0 Å². The lowest BCUT2D eigenvalue weighted by Gasteiger charge is -2.25. The van der Waals surface area contributed by atoms with Crippen molar-refractivity contribution in [1.82, 2.24) is 20.1 Å². The maximum atomic E-state index is 12.8. The first-order chi connectivity index (χ1) is 9.95. The molecule has 2 aromatic rings. The largest absolute Gasteiger partial charge is 0.425 e. The van der Waals surface area contributed by atoms with Crippen LogP contribution >= 0.6 is 11.3 Å². The summed E-state index contributed by atoms with van der Waals surface area (Å²) in [6, 6.07) is 1.69. The van der Waals surface area contributed by atoms with Gasteiger partial charge in [-0.3, -0.25) is 0 Å². The maximum Gasteiger partial charge on any atom is 0.425 e. The van der Waals surface area contributed by atoms with Gasteiger partial charge in [0.25, 0.3) is 0 Å². The predicted octanol–water partition coefficient (Wildman–Crippen LogP) is 2.77. The second-order valence-electron chi connectivity index (χ2n) is 5.16. The molecule has 3 heterocycles. The van der Waals surface area contributed by atoms with Gasteiger partial charge in [0.05, 0.1) is 0 Å². The van der Waals surface area contributed by atoms with E-state index >= 15 is 0 Å². The number of halogens is 3. The SMILES string of the molecule is Cc1nnc2n1CC(NCc1ccsc1C(F)(F)F)CC2. The molecule has 21 heavy (non-hydrogen) atoms. The molecule has 0 spiro atoms. The van der Waals surface area contributed by atoms with Crippen molar-refractivity contribution in [3.05, 3.63) is 33.5 Å². The molecule has 0 amide bonds. The molecule has 3 rings (SSSR count). The highest BCUT2D eigenvalue weighted by Gasteiger charge is 2.34. The van der Waals surface area contributed by atoms with E-state index in [0.29, 0.717) is 12.1 Å². The van der Waals surface area contributed by atoms with Gasteiger partial charge in [0.1, 0.15) is 16.5 Å². The topological polar surface area (TPSA) is 42.7 Å². The summed E-state index contributed by atoms with van der Waals surface area (Å²) in [5, 5.41) is 12.8. The number of hydrogen-bond acceptors (Lipinski definition) is 4. The second-order valence-corrected chi connectivity index (χ2v) is 6.08. The normalized spacial score (nSPS) is 18.8. The van der Waals surface area contributed by atoms with Gasteiger partial charge in [-0.15, -0.1) is 21.5 Å². The summed E-state index contributed by atoms with van der Waals surface area (Å²) in [7, 11) is 0. The second kappa shape index (κ2) is 5.42. The molecule has 1 aliphatic heterocycles. The first-order valence-electron chi connectivity index (χ1n) is 6.71. The van der Waals surface area contributed by atoms with E-state index in [-0.39, 0.29) is 12.6 Å². The van der Waals surface area contributed by atoms with E-state index in [1.165, 1.54) is 5.38 Å². The van der Waals surface area contributed by atoms with Gasteiger partial charge >= 0.3 is 6.18 Å². The molecule has 1 aliphatic rings. The molecule has 2 aromatic heterocycles. The quantitative estimate of drug-likeness (QED) is 0.947. The van der Waals surface area contributed by atoms with Gasteiger partial charge in [-0.2, -0.15) is 13.2 Å². The molecule has 4 nitrogen and oxygen atoms in total. The number of aromatic nitrogens is 3. The van der Waals surface area contributed by atoms with E-state index in [2.05, 4.69) is 15.5 Å². The van der Waals surface area contributed by atoms with Crippen LogP contribution < -0.4 is 5.32 Å². The van der Waals surface area contributed by atoms with Gasteiger partial charge in [0.2, 0.25) is 0 Å². The van der Waals surface area contributed by atoms with Crippen LogP contribution in [-0.4, -0.2) is 20.8 Å². The number of thiophene rings is 1. The van der Waals surface area contributed by atoms with Gasteiger partial charge in [-0.05, 0) is 30.4 Å². The van der Waals surface area contributed by atoms with Crippen LogP contribution in [0.25, 0.3) is 0 Å². The molecule has 1 unspecified atom stereocenters. The van der Waals surface area contributed by atoms with Crippen LogP contribution in [0.3, 0.4) is 0 Å². The first kappa shape index (κ1) is 14.5. The Morgan fingerprint density at radius 1 is 1.43 bits per heavy atom. The molecular formula is C13H15F3N4S.